The molecule has 0 radical (unpaired) electrons. The van der Waals surface area contributed by atoms with Gasteiger partial charge in [0, 0.05) is 25.7 Å². The molecule has 94 valence electrons. The highest BCUT2D eigenvalue weighted by molar-refractivity contribution is 6.14. The Labute approximate surface area is 106 Å². The molecule has 0 atom stereocenters. The predicted octanol–water partition coefficient (Wildman–Crippen LogP) is 1.91. The molecule has 0 spiro atoms. The Bertz CT molecular complexity index is 528. The Kier molecular flexibility index (Phi) is 4.33. The van der Waals surface area contributed by atoms with Gasteiger partial charge in [-0.25, -0.2) is 0 Å². The molecule has 18 heavy (non-hydrogen) atoms. The molecule has 0 aliphatic rings. The van der Waals surface area contributed by atoms with E-state index in [-0.39, 0.29) is 5.57 Å². The number of aliphatic hydroxyl groups is 1. The van der Waals surface area contributed by atoms with Crippen molar-refractivity contribution in [1.29, 1.82) is 5.26 Å². The fraction of sp³-hybridized carbons (Fsp3) is 0.231. The number of allylic oxidation sites excluding steroid dienone is 1. The molecule has 0 bridgehead atoms. The molecule has 0 unspecified atom stereocenters. The van der Waals surface area contributed by atoms with Crippen LogP contribution in [-0.2, 0) is 0 Å². The Hall–Kier alpha value is -2.48. The fourth-order valence-electron chi connectivity index (χ4n) is 1.48. The first-order valence-corrected chi connectivity index (χ1v) is 5.19. The normalized spacial score (nSPS) is 10.7. The first-order chi connectivity index (χ1) is 8.54. The number of Topliss-reactive ketones (excluding diaryl/α,β-unsaturated/α-hetero) is 1. The lowest BCUT2D eigenvalue weighted by molar-refractivity contribution is 0.103. The van der Waals surface area contributed by atoms with Crippen LogP contribution in [-0.4, -0.2) is 32.1 Å². The highest BCUT2D eigenvalue weighted by Crippen LogP contribution is 2.26. The number of hydrogen-bond acceptors (Lipinski definition) is 5. The number of rotatable bonds is 4. The number of nitrogens with zero attached hydrogens (tertiary/aromatic N) is 2. The second-order valence-electron chi connectivity index (χ2n) is 3.76. The van der Waals surface area contributed by atoms with Gasteiger partial charge < -0.3 is 14.7 Å². The average molecular weight is 246 g/mol. The van der Waals surface area contributed by atoms with Crippen LogP contribution in [0, 0.1) is 11.3 Å². The number of nitriles is 1. The number of benzene rings is 1. The predicted molar refractivity (Wildman–Crippen MR) is 68.0 cm³/mol. The summed E-state index contributed by atoms with van der Waals surface area (Å²) in [6.45, 7) is 0. The molecule has 0 heterocycles. The minimum Gasteiger partial charge on any atom is -0.514 e. The van der Waals surface area contributed by atoms with Gasteiger partial charge in [-0.3, -0.25) is 4.79 Å². The van der Waals surface area contributed by atoms with Crippen molar-refractivity contribution in [2.75, 3.05) is 26.1 Å². The summed E-state index contributed by atoms with van der Waals surface area (Å²) in [6.07, 6.45) is 0.520. The second-order valence-corrected chi connectivity index (χ2v) is 3.76. The van der Waals surface area contributed by atoms with Crippen LogP contribution in [0.15, 0.2) is 30.0 Å². The van der Waals surface area contributed by atoms with Gasteiger partial charge in [0.25, 0.3) is 0 Å². The van der Waals surface area contributed by atoms with E-state index in [2.05, 4.69) is 0 Å². The van der Waals surface area contributed by atoms with Crippen molar-refractivity contribution in [3.63, 3.8) is 0 Å². The van der Waals surface area contributed by atoms with Crippen LogP contribution < -0.4 is 9.64 Å². The summed E-state index contributed by atoms with van der Waals surface area (Å²) in [5, 5.41) is 17.6. The molecule has 0 aromatic heterocycles. The van der Waals surface area contributed by atoms with Crippen LogP contribution in [0.4, 0.5) is 5.69 Å². The van der Waals surface area contributed by atoms with Gasteiger partial charge in [-0.1, -0.05) is 0 Å². The van der Waals surface area contributed by atoms with E-state index in [9.17, 15) is 4.79 Å². The van der Waals surface area contributed by atoms with Gasteiger partial charge in [0.15, 0.2) is 0 Å². The Morgan fingerprint density at radius 3 is 2.61 bits per heavy atom. The molecule has 1 aromatic rings. The van der Waals surface area contributed by atoms with Crippen molar-refractivity contribution in [2.45, 2.75) is 0 Å². The summed E-state index contributed by atoms with van der Waals surface area (Å²) in [6, 6.07) is 6.55. The number of carbonyl (C=O) groups excluding carboxylic acids is 1. The molecule has 0 saturated heterocycles. The summed E-state index contributed by atoms with van der Waals surface area (Å²) in [4.78, 5) is 13.8. The van der Waals surface area contributed by atoms with Crippen molar-refractivity contribution in [2.24, 2.45) is 0 Å². The van der Waals surface area contributed by atoms with Gasteiger partial charge in [0.1, 0.15) is 23.7 Å². The van der Waals surface area contributed by atoms with E-state index < -0.39 is 5.78 Å². The average Bonchev–Trinajstić information content (AvgIpc) is 2.39. The van der Waals surface area contributed by atoms with Crippen LogP contribution in [0.2, 0.25) is 0 Å². The highest BCUT2D eigenvalue weighted by atomic mass is 16.5. The highest BCUT2D eigenvalue weighted by Gasteiger charge is 2.18. The standard InChI is InChI=1S/C13H14N2O3/c1-15(2)12-6-10(18-3)4-5-11(12)13(17)9(7-14)8-16/h4-6,8,16H,1-3H3. The van der Waals surface area contributed by atoms with Gasteiger partial charge >= 0.3 is 0 Å². The smallest absolute Gasteiger partial charge is 0.208 e. The van der Waals surface area contributed by atoms with Crippen molar-refractivity contribution in [3.8, 4) is 11.8 Å². The number of ether oxygens (including phenoxy) is 1. The molecule has 5 heteroatoms. The first kappa shape index (κ1) is 13.6. The molecule has 0 saturated carbocycles. The van der Waals surface area contributed by atoms with E-state index in [1.54, 1.807) is 43.3 Å². The Morgan fingerprint density at radius 1 is 1.50 bits per heavy atom. The summed E-state index contributed by atoms with van der Waals surface area (Å²) in [5.74, 6) is 0.0908. The largest absolute Gasteiger partial charge is 0.514 e. The lowest BCUT2D eigenvalue weighted by Gasteiger charge is -2.17. The van der Waals surface area contributed by atoms with Crippen molar-refractivity contribution >= 4 is 11.5 Å². The summed E-state index contributed by atoms with van der Waals surface area (Å²) >= 11 is 0. The molecule has 0 fully saturated rings. The molecule has 0 amide bonds. The number of aliphatic hydroxyl groups excluding tert-OH is 1. The molecule has 1 rings (SSSR count). The minimum absolute atomic E-state index is 0.303. The zero-order valence-corrected chi connectivity index (χ0v) is 10.5. The molecule has 5 nitrogen and oxygen atoms in total. The molecule has 1 aromatic carbocycles. The maximum Gasteiger partial charge on any atom is 0.208 e. The Morgan fingerprint density at radius 2 is 2.17 bits per heavy atom. The molecule has 0 aliphatic heterocycles. The third-order valence-corrected chi connectivity index (χ3v) is 2.43. The topological polar surface area (TPSA) is 73.6 Å². The van der Waals surface area contributed by atoms with E-state index in [0.717, 1.165) is 0 Å². The maximum atomic E-state index is 12.0. The first-order valence-electron chi connectivity index (χ1n) is 5.19. The van der Waals surface area contributed by atoms with E-state index in [0.29, 0.717) is 23.3 Å². The van der Waals surface area contributed by atoms with Gasteiger partial charge in [0.2, 0.25) is 5.78 Å². The Balaban J connectivity index is 3.33. The number of ketones is 1. The second kappa shape index (κ2) is 5.73. The third-order valence-electron chi connectivity index (χ3n) is 2.43. The van der Waals surface area contributed by atoms with Gasteiger partial charge in [-0.2, -0.15) is 5.26 Å². The number of hydrogen-bond donors (Lipinski definition) is 1. The molecule has 1 N–H and O–H groups in total. The molecule has 0 aliphatic carbocycles. The quantitative estimate of drug-likeness (QED) is 0.380. The number of methoxy groups -OCH3 is 1. The van der Waals surface area contributed by atoms with E-state index in [1.807, 2.05) is 0 Å². The third kappa shape index (κ3) is 2.61. The van der Waals surface area contributed by atoms with Crippen LogP contribution in [0.5, 0.6) is 5.75 Å². The maximum absolute atomic E-state index is 12.0. The summed E-state index contributed by atoms with van der Waals surface area (Å²) in [7, 11) is 5.09. The van der Waals surface area contributed by atoms with Gasteiger partial charge in [-0.15, -0.1) is 0 Å². The van der Waals surface area contributed by atoms with E-state index in [1.165, 1.54) is 7.11 Å². The van der Waals surface area contributed by atoms with Crippen molar-refractivity contribution < 1.29 is 14.6 Å². The van der Waals surface area contributed by atoms with Crippen LogP contribution in [0.1, 0.15) is 10.4 Å². The zero-order valence-electron chi connectivity index (χ0n) is 10.5. The lowest BCUT2D eigenvalue weighted by Crippen LogP contribution is -2.15. The van der Waals surface area contributed by atoms with Crippen molar-refractivity contribution in [1.82, 2.24) is 0 Å². The summed E-state index contributed by atoms with van der Waals surface area (Å²) in [5.41, 5.74) is 0.653. The van der Waals surface area contributed by atoms with Gasteiger partial charge in [0.05, 0.1) is 12.8 Å². The monoisotopic (exact) mass is 246 g/mol. The van der Waals surface area contributed by atoms with Gasteiger partial charge in [-0.05, 0) is 12.1 Å². The summed E-state index contributed by atoms with van der Waals surface area (Å²) < 4.78 is 5.09. The van der Waals surface area contributed by atoms with Crippen LogP contribution in [0.3, 0.4) is 0 Å². The van der Waals surface area contributed by atoms with Crippen LogP contribution >= 0.6 is 0 Å². The van der Waals surface area contributed by atoms with E-state index >= 15 is 0 Å². The number of carbonyl (C=O) groups is 1. The molecular weight excluding hydrogens is 232 g/mol. The lowest BCUT2D eigenvalue weighted by atomic mass is 10.0. The number of anilines is 1. The fourth-order valence-corrected chi connectivity index (χ4v) is 1.48. The minimum atomic E-state index is -0.522. The van der Waals surface area contributed by atoms with Crippen molar-refractivity contribution in [3.05, 3.63) is 35.6 Å². The van der Waals surface area contributed by atoms with Crippen LogP contribution in [0.25, 0.3) is 0 Å². The SMILES string of the molecule is COc1ccc(C(=O)C(C#N)=CO)c(N(C)C)c1. The van der Waals surface area contributed by atoms with E-state index in [4.69, 9.17) is 15.1 Å². The zero-order chi connectivity index (χ0) is 13.7. The molecular formula is C13H14N2O3.